The molecule has 0 heterocycles. The monoisotopic (exact) mass is 306 g/mol. The molecular weight excluding hydrogens is 290 g/mol. The number of ketones is 1. The predicted molar refractivity (Wildman–Crippen MR) is 80.9 cm³/mol. The van der Waals surface area contributed by atoms with Gasteiger partial charge in [0.15, 0.2) is 5.78 Å². The van der Waals surface area contributed by atoms with Crippen LogP contribution in [0.3, 0.4) is 0 Å². The number of halogens is 1. The third-order valence-corrected chi connectivity index (χ3v) is 5.47. The van der Waals surface area contributed by atoms with Crippen LogP contribution in [-0.2, 0) is 9.09 Å². The lowest BCUT2D eigenvalue weighted by molar-refractivity contribution is 0.101. The number of carbonyl (C=O) groups excluding carboxylic acids is 1. The highest BCUT2D eigenvalue weighted by atomic mass is 31.2. The van der Waals surface area contributed by atoms with Gasteiger partial charge in [-0.25, -0.2) is 4.39 Å². The number of benzene rings is 2. The van der Waals surface area contributed by atoms with Gasteiger partial charge < -0.3 is 4.52 Å². The molecule has 5 heteroatoms. The molecule has 0 fully saturated rings. The van der Waals surface area contributed by atoms with E-state index in [1.54, 1.807) is 31.2 Å². The van der Waals surface area contributed by atoms with E-state index in [1.807, 2.05) is 6.07 Å². The molecule has 0 saturated heterocycles. The zero-order valence-electron chi connectivity index (χ0n) is 11.7. The summed E-state index contributed by atoms with van der Waals surface area (Å²) in [4.78, 5) is 12.2. The molecule has 2 aromatic rings. The Morgan fingerprint density at radius 3 is 2.29 bits per heavy atom. The molecule has 1 atom stereocenters. The maximum Gasteiger partial charge on any atom is 0.239 e. The number of Topliss-reactive ketones (excluding diaryl/α,β-unsaturated/α-hetero) is 1. The molecule has 0 aliphatic heterocycles. The van der Waals surface area contributed by atoms with Crippen molar-refractivity contribution in [2.75, 3.05) is 12.8 Å². The number of rotatable bonds is 6. The van der Waals surface area contributed by atoms with E-state index in [9.17, 15) is 13.8 Å². The van der Waals surface area contributed by atoms with E-state index in [0.29, 0.717) is 10.9 Å². The Kier molecular flexibility index (Phi) is 5.05. The first-order chi connectivity index (χ1) is 10.0. The summed E-state index contributed by atoms with van der Waals surface area (Å²) in [7, 11) is -3.25. The topological polar surface area (TPSA) is 43.4 Å². The Hall–Kier alpha value is -1.77. The third-order valence-electron chi connectivity index (χ3n) is 3.01. The van der Waals surface area contributed by atoms with Gasteiger partial charge in [-0.05, 0) is 43.3 Å². The van der Waals surface area contributed by atoms with Crippen LogP contribution in [0.15, 0.2) is 54.6 Å². The number of hydrogen-bond acceptors (Lipinski definition) is 3. The number of hydrogen-bond donors (Lipinski definition) is 0. The van der Waals surface area contributed by atoms with E-state index in [0.717, 1.165) is 0 Å². The fourth-order valence-electron chi connectivity index (χ4n) is 1.99. The zero-order valence-corrected chi connectivity index (χ0v) is 12.6. The first kappa shape index (κ1) is 15.6. The molecule has 0 bridgehead atoms. The van der Waals surface area contributed by atoms with Crippen LogP contribution in [0.4, 0.5) is 4.39 Å². The van der Waals surface area contributed by atoms with E-state index >= 15 is 0 Å². The van der Waals surface area contributed by atoms with Crippen LogP contribution in [0.5, 0.6) is 0 Å². The van der Waals surface area contributed by atoms with Crippen molar-refractivity contribution in [2.24, 2.45) is 0 Å². The highest BCUT2D eigenvalue weighted by molar-refractivity contribution is 7.67. The summed E-state index contributed by atoms with van der Waals surface area (Å²) < 4.78 is 31.2. The van der Waals surface area contributed by atoms with Gasteiger partial charge in [-0.15, -0.1) is 0 Å². The van der Waals surface area contributed by atoms with Crippen LogP contribution in [0.1, 0.15) is 17.3 Å². The van der Waals surface area contributed by atoms with Crippen LogP contribution in [0.25, 0.3) is 0 Å². The van der Waals surface area contributed by atoms with Crippen molar-refractivity contribution in [3.63, 3.8) is 0 Å². The van der Waals surface area contributed by atoms with Crippen LogP contribution in [0, 0.1) is 5.82 Å². The van der Waals surface area contributed by atoms with Crippen LogP contribution < -0.4 is 5.30 Å². The average molecular weight is 306 g/mol. The summed E-state index contributed by atoms with van der Waals surface area (Å²) in [5.74, 6) is -0.738. The van der Waals surface area contributed by atoms with Crippen molar-refractivity contribution in [2.45, 2.75) is 6.92 Å². The SMILES string of the molecule is CCOP(=O)(CC(=O)c1ccc(F)cc1)c1ccccc1. The second-order valence-electron chi connectivity index (χ2n) is 4.51. The molecule has 0 saturated carbocycles. The first-order valence-electron chi connectivity index (χ1n) is 6.63. The van der Waals surface area contributed by atoms with Crippen LogP contribution in [0.2, 0.25) is 0 Å². The van der Waals surface area contributed by atoms with Crippen LogP contribution in [-0.4, -0.2) is 18.6 Å². The standard InChI is InChI=1S/C16H16FO3P/c1-2-20-21(19,15-6-4-3-5-7-15)12-16(18)13-8-10-14(17)11-9-13/h3-11H,2,12H2,1H3. The molecule has 1 unspecified atom stereocenters. The minimum atomic E-state index is -3.25. The third kappa shape index (κ3) is 3.87. The fourth-order valence-corrected chi connectivity index (χ4v) is 4.02. The van der Waals surface area contributed by atoms with Crippen molar-refractivity contribution in [1.29, 1.82) is 0 Å². The second kappa shape index (κ2) is 6.79. The summed E-state index contributed by atoms with van der Waals surface area (Å²) in [5, 5.41) is 0.516. The average Bonchev–Trinajstić information content (AvgIpc) is 2.49. The smallest absolute Gasteiger partial charge is 0.239 e. The first-order valence-corrected chi connectivity index (χ1v) is 8.44. The minimum Gasteiger partial charge on any atom is -0.325 e. The van der Waals surface area contributed by atoms with Gasteiger partial charge in [-0.3, -0.25) is 9.36 Å². The summed E-state index contributed by atoms with van der Waals surface area (Å²) in [5.41, 5.74) is 0.326. The fraction of sp³-hybridized carbons (Fsp3) is 0.188. The van der Waals surface area contributed by atoms with E-state index in [2.05, 4.69) is 0 Å². The molecule has 0 radical (unpaired) electrons. The maximum atomic E-state index is 12.9. The number of carbonyl (C=O) groups is 1. The maximum absolute atomic E-state index is 12.9. The molecule has 2 aromatic carbocycles. The molecule has 21 heavy (non-hydrogen) atoms. The Morgan fingerprint density at radius 2 is 1.71 bits per heavy atom. The molecule has 0 amide bonds. The van der Waals surface area contributed by atoms with Crippen molar-refractivity contribution < 1.29 is 18.3 Å². The second-order valence-corrected chi connectivity index (χ2v) is 6.95. The summed E-state index contributed by atoms with van der Waals surface area (Å²) in [6, 6.07) is 13.9. The van der Waals surface area contributed by atoms with Crippen molar-refractivity contribution >= 4 is 18.5 Å². The van der Waals surface area contributed by atoms with E-state index in [-0.39, 0.29) is 18.6 Å². The Labute approximate surface area is 123 Å². The normalized spacial score (nSPS) is 13.6. The van der Waals surface area contributed by atoms with Gasteiger partial charge in [0.1, 0.15) is 5.82 Å². The lowest BCUT2D eigenvalue weighted by Crippen LogP contribution is -2.16. The van der Waals surface area contributed by atoms with Crippen molar-refractivity contribution in [1.82, 2.24) is 0 Å². The summed E-state index contributed by atoms with van der Waals surface area (Å²) in [6.45, 7) is 1.99. The lowest BCUT2D eigenvalue weighted by atomic mass is 10.1. The molecule has 0 spiro atoms. The zero-order chi connectivity index (χ0) is 15.3. The van der Waals surface area contributed by atoms with Gasteiger partial charge in [0.2, 0.25) is 7.37 Å². The van der Waals surface area contributed by atoms with E-state index in [1.165, 1.54) is 24.3 Å². The molecule has 3 nitrogen and oxygen atoms in total. The molecular formula is C16H16FO3P. The molecule has 2 rings (SSSR count). The van der Waals surface area contributed by atoms with Gasteiger partial charge in [-0.2, -0.15) is 0 Å². The Morgan fingerprint density at radius 1 is 1.10 bits per heavy atom. The van der Waals surface area contributed by atoms with E-state index in [4.69, 9.17) is 4.52 Å². The summed E-state index contributed by atoms with van der Waals surface area (Å²) in [6.07, 6.45) is -0.226. The molecule has 0 N–H and O–H groups in total. The predicted octanol–water partition coefficient (Wildman–Crippen LogP) is 3.65. The molecule has 0 aliphatic rings. The Bertz CT molecular complexity index is 653. The minimum absolute atomic E-state index is 0.226. The molecule has 110 valence electrons. The van der Waals surface area contributed by atoms with Gasteiger partial charge in [-0.1, -0.05) is 18.2 Å². The molecule has 0 aromatic heterocycles. The van der Waals surface area contributed by atoms with Gasteiger partial charge in [0, 0.05) is 10.9 Å². The van der Waals surface area contributed by atoms with Gasteiger partial charge in [0.05, 0.1) is 12.8 Å². The molecule has 0 aliphatic carbocycles. The van der Waals surface area contributed by atoms with Crippen molar-refractivity contribution in [3.8, 4) is 0 Å². The van der Waals surface area contributed by atoms with E-state index < -0.39 is 13.2 Å². The van der Waals surface area contributed by atoms with Gasteiger partial charge >= 0.3 is 0 Å². The highest BCUT2D eigenvalue weighted by Gasteiger charge is 2.29. The van der Waals surface area contributed by atoms with Gasteiger partial charge in [0.25, 0.3) is 0 Å². The van der Waals surface area contributed by atoms with Crippen molar-refractivity contribution in [3.05, 3.63) is 66.0 Å². The largest absolute Gasteiger partial charge is 0.325 e. The summed E-state index contributed by atoms with van der Waals surface area (Å²) >= 11 is 0. The van der Waals surface area contributed by atoms with Crippen LogP contribution >= 0.6 is 7.37 Å². The quantitative estimate of drug-likeness (QED) is 0.604. The lowest BCUT2D eigenvalue weighted by Gasteiger charge is -2.17. The highest BCUT2D eigenvalue weighted by Crippen LogP contribution is 2.45. The Balaban J connectivity index is 2.26.